The first-order valence-corrected chi connectivity index (χ1v) is 7.44. The van der Waals surface area contributed by atoms with E-state index in [1.165, 1.54) is 18.1 Å². The molecule has 0 aliphatic carbocycles. The maximum absolute atomic E-state index is 11.3. The van der Waals surface area contributed by atoms with Crippen molar-refractivity contribution in [2.45, 2.75) is 11.8 Å². The fourth-order valence-corrected chi connectivity index (χ4v) is 2.23. The second-order valence-corrected chi connectivity index (χ2v) is 4.76. The Balaban J connectivity index is 2.44. The zero-order valence-corrected chi connectivity index (χ0v) is 12.4. The predicted molar refractivity (Wildman–Crippen MR) is 81.1 cm³/mol. The minimum atomic E-state index is -0.547. The van der Waals surface area contributed by atoms with Crippen molar-refractivity contribution in [3.05, 3.63) is 40.7 Å². The average molecular weight is 306 g/mol. The quantitative estimate of drug-likeness (QED) is 0.497. The average Bonchev–Trinajstić information content (AvgIpc) is 2.48. The molecular weight excluding hydrogens is 292 g/mol. The van der Waals surface area contributed by atoms with Gasteiger partial charge in [-0.05, 0) is 25.3 Å². The molecule has 2 rings (SSSR count). The van der Waals surface area contributed by atoms with Gasteiger partial charge in [-0.3, -0.25) is 10.1 Å². The van der Waals surface area contributed by atoms with E-state index in [2.05, 4.69) is 15.3 Å². The van der Waals surface area contributed by atoms with Crippen molar-refractivity contribution in [2.75, 3.05) is 18.1 Å². The standard InChI is InChI=1S/C13H14N4O3S/c1-3-14-12-11(17(18)19)13(16-8-15-12)20-9-6-4-5-7-10(9)21-2/h4-8H,3H2,1-2H3,(H,14,15,16). The Morgan fingerprint density at radius 3 is 2.81 bits per heavy atom. The van der Waals surface area contributed by atoms with Crippen LogP contribution in [0.15, 0.2) is 35.5 Å². The molecule has 1 N–H and O–H groups in total. The number of thioether (sulfide) groups is 1. The number of aromatic nitrogens is 2. The first kappa shape index (κ1) is 15.0. The smallest absolute Gasteiger partial charge is 0.373 e. The summed E-state index contributed by atoms with van der Waals surface area (Å²) in [5, 5.41) is 14.1. The van der Waals surface area contributed by atoms with Gasteiger partial charge in [0.2, 0.25) is 5.82 Å². The molecule has 21 heavy (non-hydrogen) atoms. The van der Waals surface area contributed by atoms with E-state index in [9.17, 15) is 10.1 Å². The second kappa shape index (κ2) is 6.89. The van der Waals surface area contributed by atoms with E-state index in [4.69, 9.17) is 4.74 Å². The van der Waals surface area contributed by atoms with Gasteiger partial charge in [0.05, 0.1) is 4.92 Å². The maximum Gasteiger partial charge on any atom is 0.373 e. The molecule has 0 radical (unpaired) electrons. The Bertz CT molecular complexity index is 651. The molecule has 8 heteroatoms. The van der Waals surface area contributed by atoms with Crippen molar-refractivity contribution in [1.82, 2.24) is 9.97 Å². The van der Waals surface area contributed by atoms with Crippen molar-refractivity contribution in [3.8, 4) is 11.6 Å². The third-order valence-corrected chi connectivity index (χ3v) is 3.37. The highest BCUT2D eigenvalue weighted by Gasteiger charge is 2.25. The summed E-state index contributed by atoms with van der Waals surface area (Å²) in [5.41, 5.74) is -0.268. The summed E-state index contributed by atoms with van der Waals surface area (Å²) in [4.78, 5) is 19.4. The van der Waals surface area contributed by atoms with Crippen LogP contribution in [0.4, 0.5) is 11.5 Å². The zero-order valence-electron chi connectivity index (χ0n) is 11.6. The van der Waals surface area contributed by atoms with Crippen molar-refractivity contribution in [2.24, 2.45) is 0 Å². The predicted octanol–water partition coefficient (Wildman–Crippen LogP) is 3.33. The Kier molecular flexibility index (Phi) is 4.94. The number of hydrogen-bond acceptors (Lipinski definition) is 7. The lowest BCUT2D eigenvalue weighted by molar-refractivity contribution is -0.385. The van der Waals surface area contributed by atoms with E-state index in [1.54, 1.807) is 12.1 Å². The van der Waals surface area contributed by atoms with E-state index in [0.29, 0.717) is 12.3 Å². The lowest BCUT2D eigenvalue weighted by atomic mass is 10.3. The SMILES string of the molecule is CCNc1ncnc(Oc2ccccc2SC)c1[N+](=O)[O-]. The Morgan fingerprint density at radius 1 is 1.38 bits per heavy atom. The summed E-state index contributed by atoms with van der Waals surface area (Å²) in [6.07, 6.45) is 3.14. The van der Waals surface area contributed by atoms with Crippen LogP contribution in [0.2, 0.25) is 0 Å². The van der Waals surface area contributed by atoms with E-state index in [1.807, 2.05) is 25.3 Å². The van der Waals surface area contributed by atoms with Gasteiger partial charge in [-0.25, -0.2) is 4.98 Å². The summed E-state index contributed by atoms with van der Waals surface area (Å²) in [6, 6.07) is 7.28. The van der Waals surface area contributed by atoms with Crippen LogP contribution in [0.3, 0.4) is 0 Å². The highest BCUT2D eigenvalue weighted by atomic mass is 32.2. The molecule has 1 aromatic carbocycles. The third kappa shape index (κ3) is 3.40. The fourth-order valence-electron chi connectivity index (χ4n) is 1.71. The Labute approximate surface area is 125 Å². The molecule has 1 heterocycles. The number of rotatable bonds is 6. The molecule has 2 aromatic rings. The van der Waals surface area contributed by atoms with Gasteiger partial charge >= 0.3 is 11.6 Å². The van der Waals surface area contributed by atoms with Gasteiger partial charge in [-0.1, -0.05) is 12.1 Å². The Hall–Kier alpha value is -2.35. The maximum atomic E-state index is 11.3. The molecule has 0 saturated carbocycles. The first-order chi connectivity index (χ1) is 10.2. The molecule has 0 fully saturated rings. The molecule has 110 valence electrons. The molecular formula is C13H14N4O3S. The highest BCUT2D eigenvalue weighted by Crippen LogP contribution is 2.37. The summed E-state index contributed by atoms with van der Waals surface area (Å²) >= 11 is 1.49. The van der Waals surface area contributed by atoms with Crippen LogP contribution in [0.5, 0.6) is 11.6 Å². The number of hydrogen-bond donors (Lipinski definition) is 1. The van der Waals surface area contributed by atoms with Gasteiger partial charge < -0.3 is 10.1 Å². The minimum absolute atomic E-state index is 0.0764. The van der Waals surface area contributed by atoms with Gasteiger partial charge in [0, 0.05) is 11.4 Å². The van der Waals surface area contributed by atoms with Crippen molar-refractivity contribution >= 4 is 23.3 Å². The number of ether oxygens (including phenoxy) is 1. The van der Waals surface area contributed by atoms with E-state index in [-0.39, 0.29) is 17.4 Å². The number of nitro groups is 1. The van der Waals surface area contributed by atoms with E-state index in [0.717, 1.165) is 4.90 Å². The van der Waals surface area contributed by atoms with Gasteiger partial charge in [0.15, 0.2) is 0 Å². The molecule has 0 aliphatic heterocycles. The molecule has 0 amide bonds. The first-order valence-electron chi connectivity index (χ1n) is 6.21. The molecule has 0 spiro atoms. The lowest BCUT2D eigenvalue weighted by Crippen LogP contribution is -2.06. The summed E-state index contributed by atoms with van der Waals surface area (Å²) in [5.74, 6) is 0.593. The molecule has 0 saturated heterocycles. The Morgan fingerprint density at radius 2 is 2.14 bits per heavy atom. The largest absolute Gasteiger partial charge is 0.432 e. The van der Waals surface area contributed by atoms with Crippen molar-refractivity contribution in [1.29, 1.82) is 0 Å². The number of anilines is 1. The van der Waals surface area contributed by atoms with Gasteiger partial charge in [-0.2, -0.15) is 4.98 Å². The van der Waals surface area contributed by atoms with Crippen LogP contribution >= 0.6 is 11.8 Å². The van der Waals surface area contributed by atoms with Crippen LogP contribution in [-0.4, -0.2) is 27.7 Å². The normalized spacial score (nSPS) is 10.2. The fraction of sp³-hybridized carbons (Fsp3) is 0.231. The van der Waals surface area contributed by atoms with Gasteiger partial charge in [-0.15, -0.1) is 11.8 Å². The van der Waals surface area contributed by atoms with Crippen LogP contribution in [-0.2, 0) is 0 Å². The van der Waals surface area contributed by atoms with E-state index >= 15 is 0 Å². The zero-order chi connectivity index (χ0) is 15.2. The lowest BCUT2D eigenvalue weighted by Gasteiger charge is -2.10. The summed E-state index contributed by atoms with van der Waals surface area (Å²) in [7, 11) is 0. The highest BCUT2D eigenvalue weighted by molar-refractivity contribution is 7.98. The van der Waals surface area contributed by atoms with Gasteiger partial charge in [0.25, 0.3) is 0 Å². The van der Waals surface area contributed by atoms with Crippen molar-refractivity contribution in [3.63, 3.8) is 0 Å². The molecule has 0 atom stereocenters. The third-order valence-electron chi connectivity index (χ3n) is 2.59. The van der Waals surface area contributed by atoms with Gasteiger partial charge in [0.1, 0.15) is 12.1 Å². The summed E-state index contributed by atoms with van der Waals surface area (Å²) < 4.78 is 5.63. The van der Waals surface area contributed by atoms with Crippen LogP contribution < -0.4 is 10.1 Å². The second-order valence-electron chi connectivity index (χ2n) is 3.92. The summed E-state index contributed by atoms with van der Waals surface area (Å²) in [6.45, 7) is 2.34. The minimum Gasteiger partial charge on any atom is -0.432 e. The number of benzene rings is 1. The molecule has 7 nitrogen and oxygen atoms in total. The van der Waals surface area contributed by atoms with Crippen LogP contribution in [0.25, 0.3) is 0 Å². The number of para-hydroxylation sites is 1. The molecule has 0 aliphatic rings. The van der Waals surface area contributed by atoms with E-state index < -0.39 is 4.92 Å². The molecule has 0 bridgehead atoms. The topological polar surface area (TPSA) is 90.2 Å². The monoisotopic (exact) mass is 306 g/mol. The molecule has 0 unspecified atom stereocenters. The number of nitrogens with zero attached hydrogens (tertiary/aromatic N) is 3. The van der Waals surface area contributed by atoms with Crippen LogP contribution in [0, 0.1) is 10.1 Å². The number of nitrogens with one attached hydrogen (secondary N) is 1. The molecule has 1 aromatic heterocycles. The van der Waals surface area contributed by atoms with Crippen LogP contribution in [0.1, 0.15) is 6.92 Å². The van der Waals surface area contributed by atoms with Crippen molar-refractivity contribution < 1.29 is 9.66 Å².